The smallest absolute Gasteiger partial charge is 0.309 e. The summed E-state index contributed by atoms with van der Waals surface area (Å²) >= 11 is 0. The number of aliphatic hydroxyl groups excluding tert-OH is 2. The van der Waals surface area contributed by atoms with Gasteiger partial charge < -0.3 is 20.3 Å². The van der Waals surface area contributed by atoms with E-state index in [0.29, 0.717) is 38.6 Å². The van der Waals surface area contributed by atoms with Crippen LogP contribution < -0.4 is 5.32 Å². The normalized spacial score (nSPS) is 26.9. The van der Waals surface area contributed by atoms with Crippen LogP contribution in [-0.2, 0) is 25.6 Å². The van der Waals surface area contributed by atoms with Crippen molar-refractivity contribution in [2.45, 2.75) is 76.6 Å². The lowest BCUT2D eigenvalue weighted by Crippen LogP contribution is -2.23. The van der Waals surface area contributed by atoms with Crippen LogP contribution in [0, 0.1) is 23.7 Å². The Bertz CT molecular complexity index is 970. The van der Waals surface area contributed by atoms with E-state index in [2.05, 4.69) is 10.2 Å². The van der Waals surface area contributed by atoms with Gasteiger partial charge in [-0.05, 0) is 68.9 Å². The summed E-state index contributed by atoms with van der Waals surface area (Å²) in [5, 5.41) is 41.2. The maximum absolute atomic E-state index is 12.8. The molecule has 10 heteroatoms. The third-order valence-electron chi connectivity index (χ3n) is 7.64. The van der Waals surface area contributed by atoms with Gasteiger partial charge in [-0.1, -0.05) is 48.6 Å². The van der Waals surface area contributed by atoms with Crippen molar-refractivity contribution in [1.29, 1.82) is 0 Å². The first-order valence-corrected chi connectivity index (χ1v) is 14.3. The highest BCUT2D eigenvalue weighted by Gasteiger charge is 2.45. The zero-order valence-electron chi connectivity index (χ0n) is 23.2. The van der Waals surface area contributed by atoms with Gasteiger partial charge in [0.2, 0.25) is 5.91 Å². The molecule has 40 heavy (non-hydrogen) atoms. The summed E-state index contributed by atoms with van der Waals surface area (Å²) in [7, 11) is 0. The maximum Gasteiger partial charge on any atom is 0.309 e. The summed E-state index contributed by atoms with van der Waals surface area (Å²) < 4.78 is 5.84. The minimum Gasteiger partial charge on any atom is -0.458 e. The Morgan fingerprint density at radius 2 is 1.90 bits per heavy atom. The van der Waals surface area contributed by atoms with Crippen molar-refractivity contribution >= 4 is 11.9 Å². The Morgan fingerprint density at radius 3 is 2.62 bits per heavy atom. The molecule has 7 atom stereocenters. The van der Waals surface area contributed by atoms with Crippen molar-refractivity contribution in [1.82, 2.24) is 10.7 Å². The number of ether oxygens (including phenoxy) is 1. The Balaban J connectivity index is 1.58. The molecule has 222 valence electrons. The van der Waals surface area contributed by atoms with Crippen molar-refractivity contribution in [3.8, 4) is 0 Å². The zero-order chi connectivity index (χ0) is 28.9. The number of allylic oxidation sites excluding steroid dienone is 2. The molecule has 2 fully saturated rings. The molecule has 3 rings (SSSR count). The zero-order valence-corrected chi connectivity index (χ0v) is 23.2. The number of aliphatic hydroxyl groups is 2. The van der Waals surface area contributed by atoms with E-state index >= 15 is 0 Å². The van der Waals surface area contributed by atoms with Crippen molar-refractivity contribution in [3.05, 3.63) is 60.2 Å². The second-order valence-electron chi connectivity index (χ2n) is 10.7. The minimum atomic E-state index is -0.697. The van der Waals surface area contributed by atoms with E-state index in [-0.39, 0.29) is 54.0 Å². The number of unbranched alkanes of at least 4 members (excludes halogenated alkanes) is 1. The van der Waals surface area contributed by atoms with Crippen LogP contribution in [-0.4, -0.2) is 69.4 Å². The first-order chi connectivity index (χ1) is 19.3. The molecule has 0 radical (unpaired) electrons. The number of rotatable bonds is 17. The summed E-state index contributed by atoms with van der Waals surface area (Å²) in [6.45, 7) is 2.52. The van der Waals surface area contributed by atoms with E-state index in [1.807, 2.05) is 61.6 Å². The number of hydrogen-bond donors (Lipinski definition) is 5. The van der Waals surface area contributed by atoms with Gasteiger partial charge in [0.25, 0.3) is 0 Å². The molecule has 2 aliphatic carbocycles. The Morgan fingerprint density at radius 1 is 1.12 bits per heavy atom. The SMILES string of the molecule is CCNC(=O)CCC/C=C\C[C@@H]1[C@@H](/C=C/[C@H](CCc2ccccc2)OC(=O)C2C[C@@H]2CON(O)O)[C@H](O)C[C@@H]1O. The molecular weight excluding hydrogens is 516 g/mol. The predicted octanol–water partition coefficient (Wildman–Crippen LogP) is 3.35. The number of carbonyl (C=O) groups is 2. The van der Waals surface area contributed by atoms with E-state index in [0.717, 1.165) is 18.4 Å². The highest BCUT2D eigenvalue weighted by molar-refractivity contribution is 5.76. The summed E-state index contributed by atoms with van der Waals surface area (Å²) in [6, 6.07) is 9.90. The molecule has 0 aliphatic heterocycles. The van der Waals surface area contributed by atoms with Crippen LogP contribution in [0.3, 0.4) is 0 Å². The van der Waals surface area contributed by atoms with Crippen molar-refractivity contribution in [2.24, 2.45) is 23.7 Å². The average molecular weight is 561 g/mol. The average Bonchev–Trinajstić information content (AvgIpc) is 3.66. The van der Waals surface area contributed by atoms with Crippen LogP contribution in [0.4, 0.5) is 0 Å². The number of hydrogen-bond acceptors (Lipinski definition) is 9. The molecule has 1 aromatic rings. The van der Waals surface area contributed by atoms with Crippen molar-refractivity contribution in [3.63, 3.8) is 0 Å². The number of esters is 1. The molecular formula is C30H44N2O8. The van der Waals surface area contributed by atoms with Crippen LogP contribution in [0.25, 0.3) is 0 Å². The summed E-state index contributed by atoms with van der Waals surface area (Å²) in [5.41, 5.74) is 1.12. The van der Waals surface area contributed by atoms with Gasteiger partial charge in [0.1, 0.15) is 6.10 Å². The number of nitrogens with one attached hydrogen (secondary N) is 1. The van der Waals surface area contributed by atoms with Gasteiger partial charge in [0.15, 0.2) is 0 Å². The van der Waals surface area contributed by atoms with E-state index in [4.69, 9.17) is 15.2 Å². The van der Waals surface area contributed by atoms with Gasteiger partial charge in [-0.25, -0.2) is 0 Å². The number of aryl methyl sites for hydroxylation is 1. The number of benzene rings is 1. The van der Waals surface area contributed by atoms with Crippen LogP contribution in [0.15, 0.2) is 54.6 Å². The molecule has 1 amide bonds. The standard InChI is InChI=1S/C30H44N2O8/c1-2-31-29(35)13-9-4-3-8-12-24-25(28(34)19-27(24)33)17-16-23(15-14-21-10-6-5-7-11-21)40-30(36)26-18-22(26)20-39-32(37)38/h3,5-8,10-11,16-17,22-28,33-34,37-38H,2,4,9,12-15,18-20H2,1H3,(H,31,35)/b8-3-,17-16+/t22-,23+,24-,25-,26?,27+,28-/m1/s1. The van der Waals surface area contributed by atoms with Crippen LogP contribution >= 0.6 is 0 Å². The second-order valence-corrected chi connectivity index (χ2v) is 10.7. The summed E-state index contributed by atoms with van der Waals surface area (Å²) in [6.07, 6.45) is 10.6. The van der Waals surface area contributed by atoms with Crippen LogP contribution in [0.5, 0.6) is 0 Å². The van der Waals surface area contributed by atoms with Gasteiger partial charge in [0, 0.05) is 25.3 Å². The fourth-order valence-corrected chi connectivity index (χ4v) is 5.26. The lowest BCUT2D eigenvalue weighted by molar-refractivity contribution is -0.493. The third kappa shape index (κ3) is 10.8. The Kier molecular flexibility index (Phi) is 13.3. The molecule has 0 heterocycles. The van der Waals surface area contributed by atoms with Crippen LogP contribution in [0.1, 0.15) is 57.4 Å². The van der Waals surface area contributed by atoms with Gasteiger partial charge in [-0.3, -0.25) is 24.8 Å². The lowest BCUT2D eigenvalue weighted by atomic mass is 9.89. The first kappa shape index (κ1) is 31.9. The molecule has 1 aromatic carbocycles. The summed E-state index contributed by atoms with van der Waals surface area (Å²) in [5.74, 6) is -1.27. The largest absolute Gasteiger partial charge is 0.458 e. The topological polar surface area (TPSA) is 149 Å². The summed E-state index contributed by atoms with van der Waals surface area (Å²) in [4.78, 5) is 29.0. The highest BCUT2D eigenvalue weighted by atomic mass is 17.1. The molecule has 0 aromatic heterocycles. The third-order valence-corrected chi connectivity index (χ3v) is 7.64. The maximum atomic E-state index is 12.8. The van der Waals surface area contributed by atoms with E-state index < -0.39 is 18.3 Å². The molecule has 0 spiro atoms. The van der Waals surface area contributed by atoms with Crippen molar-refractivity contribution in [2.75, 3.05) is 13.2 Å². The fourth-order valence-electron chi connectivity index (χ4n) is 5.26. The van der Waals surface area contributed by atoms with E-state index in [1.165, 1.54) is 0 Å². The molecule has 10 nitrogen and oxygen atoms in total. The number of nitrogens with zero attached hydrogens (tertiary/aromatic N) is 1. The minimum absolute atomic E-state index is 0.00454. The monoisotopic (exact) mass is 560 g/mol. The second kappa shape index (κ2) is 16.6. The number of amides is 1. The first-order valence-electron chi connectivity index (χ1n) is 14.3. The quantitative estimate of drug-likeness (QED) is 0.0837. The van der Waals surface area contributed by atoms with E-state index in [9.17, 15) is 19.8 Å². The Hall–Kier alpha value is -2.60. The van der Waals surface area contributed by atoms with E-state index in [1.54, 1.807) is 0 Å². The van der Waals surface area contributed by atoms with Gasteiger partial charge in [-0.2, -0.15) is 0 Å². The molecule has 0 bridgehead atoms. The van der Waals surface area contributed by atoms with Crippen LogP contribution in [0.2, 0.25) is 0 Å². The Labute approximate surface area is 236 Å². The molecule has 0 saturated heterocycles. The highest BCUT2D eigenvalue weighted by Crippen LogP contribution is 2.40. The van der Waals surface area contributed by atoms with Crippen molar-refractivity contribution < 1.29 is 39.8 Å². The molecule has 2 saturated carbocycles. The van der Waals surface area contributed by atoms with Gasteiger partial charge >= 0.3 is 5.97 Å². The predicted molar refractivity (Wildman–Crippen MR) is 147 cm³/mol. The number of carbonyl (C=O) groups excluding carboxylic acids is 2. The van der Waals surface area contributed by atoms with Gasteiger partial charge in [0.05, 0.1) is 30.1 Å². The fraction of sp³-hybridized carbons (Fsp3) is 0.600. The molecule has 5 N–H and O–H groups in total. The molecule has 2 aliphatic rings. The van der Waals surface area contributed by atoms with Gasteiger partial charge in [-0.15, -0.1) is 0 Å². The lowest BCUT2D eigenvalue weighted by Gasteiger charge is -2.21. The molecule has 1 unspecified atom stereocenters.